The van der Waals surface area contributed by atoms with Crippen molar-refractivity contribution >= 4 is 28.2 Å². The fourth-order valence-electron chi connectivity index (χ4n) is 1.50. The van der Waals surface area contributed by atoms with E-state index in [4.69, 9.17) is 5.73 Å². The van der Waals surface area contributed by atoms with Crippen LogP contribution in [0.4, 0.5) is 5.00 Å². The lowest BCUT2D eigenvalue weighted by Gasteiger charge is -2.00. The molecule has 0 radical (unpaired) electrons. The number of H-pyrrole nitrogens is 1. The molecule has 0 aliphatic heterocycles. The minimum absolute atomic E-state index is 0.0484. The molecule has 0 saturated heterocycles. The Kier molecular flexibility index (Phi) is 3.91. The molecule has 0 bridgehead atoms. The molecule has 2 heterocycles. The number of nitrogens with two attached hydrogens (primary N) is 1. The van der Waals surface area contributed by atoms with E-state index in [0.29, 0.717) is 10.8 Å². The van der Waals surface area contributed by atoms with Crippen LogP contribution in [0.2, 0.25) is 0 Å². The van der Waals surface area contributed by atoms with Gasteiger partial charge in [-0.05, 0) is 17.9 Å². The van der Waals surface area contributed by atoms with Gasteiger partial charge in [0, 0.05) is 6.42 Å². The lowest BCUT2D eigenvalue weighted by Crippen LogP contribution is -2.17. The van der Waals surface area contributed by atoms with E-state index in [9.17, 15) is 9.59 Å². The van der Waals surface area contributed by atoms with Gasteiger partial charge in [-0.1, -0.05) is 6.92 Å². The summed E-state index contributed by atoms with van der Waals surface area (Å²) in [7, 11) is 0. The normalized spacial score (nSPS) is 10.4. The number of amides is 2. The molecule has 8 heteroatoms. The maximum atomic E-state index is 11.9. The van der Waals surface area contributed by atoms with Crippen LogP contribution in [0.3, 0.4) is 0 Å². The van der Waals surface area contributed by atoms with E-state index in [2.05, 4.69) is 20.5 Å². The van der Waals surface area contributed by atoms with E-state index in [1.54, 1.807) is 11.4 Å². The topological polar surface area (TPSA) is 114 Å². The van der Waals surface area contributed by atoms with Crippen LogP contribution in [0.5, 0.6) is 0 Å². The molecule has 100 valence electrons. The van der Waals surface area contributed by atoms with Crippen molar-refractivity contribution in [3.05, 3.63) is 28.7 Å². The summed E-state index contributed by atoms with van der Waals surface area (Å²) >= 11 is 1.22. The predicted octanol–water partition coefficient (Wildman–Crippen LogP) is 1.17. The first-order valence-corrected chi connectivity index (χ1v) is 6.59. The molecule has 0 spiro atoms. The number of hydrogen-bond donors (Lipinski definition) is 3. The molecule has 19 heavy (non-hydrogen) atoms. The highest BCUT2D eigenvalue weighted by Crippen LogP contribution is 2.22. The van der Waals surface area contributed by atoms with Crippen LogP contribution < -0.4 is 11.1 Å². The molecule has 2 aromatic rings. The van der Waals surface area contributed by atoms with Crippen LogP contribution in [0.25, 0.3) is 0 Å². The van der Waals surface area contributed by atoms with Gasteiger partial charge in [0.15, 0.2) is 0 Å². The summed E-state index contributed by atoms with van der Waals surface area (Å²) in [6.07, 6.45) is 1.64. The summed E-state index contributed by atoms with van der Waals surface area (Å²) in [5.41, 5.74) is 5.48. The predicted molar refractivity (Wildman–Crippen MR) is 71.2 cm³/mol. The number of nitrogens with one attached hydrogen (secondary N) is 2. The van der Waals surface area contributed by atoms with Crippen molar-refractivity contribution in [1.29, 1.82) is 0 Å². The largest absolute Gasteiger partial charge is 0.366 e. The first-order valence-electron chi connectivity index (χ1n) is 5.71. The zero-order valence-electron chi connectivity index (χ0n) is 10.3. The Labute approximate surface area is 113 Å². The van der Waals surface area contributed by atoms with Crippen LogP contribution in [0, 0.1) is 0 Å². The zero-order chi connectivity index (χ0) is 13.8. The Balaban J connectivity index is 2.11. The molecule has 2 aromatic heterocycles. The SMILES string of the molecule is CCCc1nc(C(=O)Nc2sccc2C(N)=O)n[nH]1. The Hall–Kier alpha value is -2.22. The third-order valence-electron chi connectivity index (χ3n) is 2.38. The fourth-order valence-corrected chi connectivity index (χ4v) is 2.29. The minimum atomic E-state index is -0.585. The van der Waals surface area contributed by atoms with Gasteiger partial charge in [-0.3, -0.25) is 14.7 Å². The van der Waals surface area contributed by atoms with Gasteiger partial charge in [-0.25, -0.2) is 4.98 Å². The van der Waals surface area contributed by atoms with Gasteiger partial charge in [-0.15, -0.1) is 16.4 Å². The third kappa shape index (κ3) is 2.97. The summed E-state index contributed by atoms with van der Waals surface area (Å²) < 4.78 is 0. The molecule has 0 aliphatic carbocycles. The molecule has 0 saturated carbocycles. The first-order chi connectivity index (χ1) is 9.11. The number of anilines is 1. The van der Waals surface area contributed by atoms with Crippen LogP contribution in [0.1, 0.15) is 40.1 Å². The number of aromatic nitrogens is 3. The van der Waals surface area contributed by atoms with Gasteiger partial charge in [0.05, 0.1) is 5.56 Å². The molecule has 2 rings (SSSR count). The van der Waals surface area contributed by atoms with Crippen molar-refractivity contribution in [1.82, 2.24) is 15.2 Å². The molecule has 0 aliphatic rings. The van der Waals surface area contributed by atoms with E-state index in [1.165, 1.54) is 11.3 Å². The van der Waals surface area contributed by atoms with E-state index in [-0.39, 0.29) is 11.4 Å². The van der Waals surface area contributed by atoms with Crippen LogP contribution in [-0.2, 0) is 6.42 Å². The number of carbonyl (C=O) groups is 2. The van der Waals surface area contributed by atoms with Gasteiger partial charge in [-0.2, -0.15) is 0 Å². The zero-order valence-corrected chi connectivity index (χ0v) is 11.1. The molecular weight excluding hydrogens is 266 g/mol. The van der Waals surface area contributed by atoms with Crippen LogP contribution in [0.15, 0.2) is 11.4 Å². The first kappa shape index (κ1) is 13.2. The van der Waals surface area contributed by atoms with E-state index in [1.807, 2.05) is 6.92 Å². The second-order valence-corrected chi connectivity index (χ2v) is 4.75. The van der Waals surface area contributed by atoms with Crippen LogP contribution in [-0.4, -0.2) is 27.0 Å². The van der Waals surface area contributed by atoms with Crippen molar-refractivity contribution < 1.29 is 9.59 Å². The van der Waals surface area contributed by atoms with Crippen molar-refractivity contribution in [3.8, 4) is 0 Å². The Morgan fingerprint density at radius 3 is 3.00 bits per heavy atom. The van der Waals surface area contributed by atoms with Crippen molar-refractivity contribution in [2.45, 2.75) is 19.8 Å². The summed E-state index contributed by atoms with van der Waals surface area (Å²) in [6, 6.07) is 1.56. The molecule has 0 atom stereocenters. The minimum Gasteiger partial charge on any atom is -0.366 e. The molecule has 0 aromatic carbocycles. The quantitative estimate of drug-likeness (QED) is 0.762. The van der Waals surface area contributed by atoms with Gasteiger partial charge < -0.3 is 11.1 Å². The number of nitrogens with zero attached hydrogens (tertiary/aromatic N) is 2. The molecular formula is C11H13N5O2S. The summed E-state index contributed by atoms with van der Waals surface area (Å²) in [4.78, 5) is 27.1. The highest BCUT2D eigenvalue weighted by atomic mass is 32.1. The standard InChI is InChI=1S/C11H13N5O2S/c1-2-3-7-13-9(16-15-7)10(18)14-11-6(8(12)17)4-5-19-11/h4-5H,2-3H2,1H3,(H2,12,17)(H,14,18)(H,13,15,16). The van der Waals surface area contributed by atoms with Crippen molar-refractivity contribution in [2.75, 3.05) is 5.32 Å². The Bertz CT molecular complexity index is 604. The number of primary amides is 1. The van der Waals surface area contributed by atoms with Gasteiger partial charge in [0.25, 0.3) is 11.8 Å². The molecule has 2 amide bonds. The number of aryl methyl sites for hydroxylation is 1. The van der Waals surface area contributed by atoms with Gasteiger partial charge in [0.2, 0.25) is 5.82 Å². The molecule has 0 unspecified atom stereocenters. The summed E-state index contributed by atoms with van der Waals surface area (Å²) in [5.74, 6) is -0.344. The molecule has 0 fully saturated rings. The van der Waals surface area contributed by atoms with Crippen molar-refractivity contribution in [3.63, 3.8) is 0 Å². The van der Waals surface area contributed by atoms with Crippen LogP contribution >= 0.6 is 11.3 Å². The lowest BCUT2D eigenvalue weighted by atomic mass is 10.3. The van der Waals surface area contributed by atoms with Gasteiger partial charge >= 0.3 is 0 Å². The Morgan fingerprint density at radius 2 is 2.32 bits per heavy atom. The van der Waals surface area contributed by atoms with Crippen molar-refractivity contribution in [2.24, 2.45) is 5.73 Å². The van der Waals surface area contributed by atoms with E-state index in [0.717, 1.165) is 12.8 Å². The summed E-state index contributed by atoms with van der Waals surface area (Å²) in [5, 5.41) is 11.2. The second kappa shape index (κ2) is 5.61. The van der Waals surface area contributed by atoms with Gasteiger partial charge in [0.1, 0.15) is 10.8 Å². The highest BCUT2D eigenvalue weighted by molar-refractivity contribution is 7.14. The van der Waals surface area contributed by atoms with E-state index >= 15 is 0 Å². The average molecular weight is 279 g/mol. The highest BCUT2D eigenvalue weighted by Gasteiger charge is 2.16. The maximum Gasteiger partial charge on any atom is 0.295 e. The summed E-state index contributed by atoms with van der Waals surface area (Å²) in [6.45, 7) is 2.01. The molecule has 7 nitrogen and oxygen atoms in total. The number of aromatic amines is 1. The third-order valence-corrected chi connectivity index (χ3v) is 3.21. The second-order valence-electron chi connectivity index (χ2n) is 3.84. The van der Waals surface area contributed by atoms with E-state index < -0.39 is 11.8 Å². The Morgan fingerprint density at radius 1 is 1.53 bits per heavy atom. The fraction of sp³-hybridized carbons (Fsp3) is 0.273. The number of thiophene rings is 1. The smallest absolute Gasteiger partial charge is 0.295 e. The molecule has 4 N–H and O–H groups in total. The number of carbonyl (C=O) groups excluding carboxylic acids is 2. The maximum absolute atomic E-state index is 11.9. The average Bonchev–Trinajstić information content (AvgIpc) is 2.98. The number of hydrogen-bond acceptors (Lipinski definition) is 5. The number of rotatable bonds is 5. The lowest BCUT2D eigenvalue weighted by molar-refractivity contribution is 0.100. The monoisotopic (exact) mass is 279 g/mol.